The van der Waals surface area contributed by atoms with Crippen molar-refractivity contribution in [2.24, 2.45) is 11.8 Å². The van der Waals surface area contributed by atoms with Gasteiger partial charge in [-0.3, -0.25) is 0 Å². The summed E-state index contributed by atoms with van der Waals surface area (Å²) in [5.74, 6) is 1.62. The smallest absolute Gasteiger partial charge is 0.358 e. The minimum absolute atomic E-state index is 0.114. The molecule has 2 aliphatic rings. The lowest BCUT2D eigenvalue weighted by Gasteiger charge is -1.99. The van der Waals surface area contributed by atoms with Crippen molar-refractivity contribution >= 4 is 17.3 Å². The number of oxazole rings is 1. The Morgan fingerprint density at radius 3 is 2.84 bits per heavy atom. The number of rotatable bonds is 3. The molecule has 2 aliphatic carbocycles. The maximum absolute atomic E-state index is 11.3. The Balaban J connectivity index is 1.75. The highest BCUT2D eigenvalue weighted by Crippen LogP contribution is 2.63. The summed E-state index contributed by atoms with van der Waals surface area (Å²) in [6.07, 6.45) is 3.66. The molecule has 2 unspecified atom stereocenters. The Hall–Kier alpha value is -1.62. The molecule has 2 aromatic heterocycles. The SMILES string of the molecule is O=C(O)c1nc(-c2cccs2)oc1C1C2CCCC21. The van der Waals surface area contributed by atoms with Gasteiger partial charge < -0.3 is 9.52 Å². The summed E-state index contributed by atoms with van der Waals surface area (Å²) in [6.45, 7) is 0. The van der Waals surface area contributed by atoms with E-state index in [4.69, 9.17) is 4.42 Å². The van der Waals surface area contributed by atoms with Crippen LogP contribution in [0.1, 0.15) is 41.4 Å². The van der Waals surface area contributed by atoms with E-state index in [0.29, 0.717) is 29.4 Å². The monoisotopic (exact) mass is 275 g/mol. The van der Waals surface area contributed by atoms with Crippen molar-refractivity contribution in [3.05, 3.63) is 29.0 Å². The standard InChI is InChI=1S/C14H13NO3S/c16-14(17)11-12(10-7-3-1-4-8(7)10)18-13(15-11)9-5-2-6-19-9/h2,5-8,10H,1,3-4H2,(H,16,17). The second kappa shape index (κ2) is 3.93. The molecule has 5 heteroatoms. The van der Waals surface area contributed by atoms with Crippen molar-refractivity contribution < 1.29 is 14.3 Å². The molecule has 0 bridgehead atoms. The van der Waals surface area contributed by atoms with Crippen LogP contribution in [0.3, 0.4) is 0 Å². The maximum atomic E-state index is 11.3. The number of fused-ring (bicyclic) bond motifs is 1. The van der Waals surface area contributed by atoms with Crippen LogP contribution in [0.25, 0.3) is 10.8 Å². The zero-order valence-corrected chi connectivity index (χ0v) is 11.0. The first-order valence-corrected chi connectivity index (χ1v) is 7.41. The molecular formula is C14H13NO3S. The second-order valence-electron chi connectivity index (χ2n) is 5.30. The molecule has 0 saturated heterocycles. The summed E-state index contributed by atoms with van der Waals surface area (Å²) in [7, 11) is 0. The van der Waals surface area contributed by atoms with Crippen LogP contribution < -0.4 is 0 Å². The van der Waals surface area contributed by atoms with Gasteiger partial charge in [-0.2, -0.15) is 0 Å². The van der Waals surface area contributed by atoms with Crippen LogP contribution in [0.4, 0.5) is 0 Å². The molecule has 2 aromatic rings. The highest BCUT2D eigenvalue weighted by molar-refractivity contribution is 7.13. The van der Waals surface area contributed by atoms with E-state index in [1.54, 1.807) is 0 Å². The molecule has 2 fully saturated rings. The van der Waals surface area contributed by atoms with Gasteiger partial charge in [-0.15, -0.1) is 11.3 Å². The Kier molecular flexibility index (Phi) is 2.33. The predicted octanol–water partition coefficient (Wildman–Crippen LogP) is 3.61. The number of carboxylic acid groups (broad SMARTS) is 1. The van der Waals surface area contributed by atoms with Crippen molar-refractivity contribution in [2.75, 3.05) is 0 Å². The van der Waals surface area contributed by atoms with Crippen LogP contribution in [-0.4, -0.2) is 16.1 Å². The Labute approximate surface area is 114 Å². The average Bonchev–Trinajstić information content (AvgIpc) is 2.97. The summed E-state index contributed by atoms with van der Waals surface area (Å²) in [5, 5.41) is 11.2. The Bertz CT molecular complexity index is 621. The van der Waals surface area contributed by atoms with Gasteiger partial charge in [0.1, 0.15) is 5.76 Å². The molecule has 0 radical (unpaired) electrons. The van der Waals surface area contributed by atoms with E-state index >= 15 is 0 Å². The lowest BCUT2D eigenvalue weighted by molar-refractivity contribution is 0.0688. The van der Waals surface area contributed by atoms with Crippen molar-refractivity contribution in [1.29, 1.82) is 0 Å². The third-order valence-electron chi connectivity index (χ3n) is 4.30. The van der Waals surface area contributed by atoms with Crippen LogP contribution in [0.5, 0.6) is 0 Å². The summed E-state index contributed by atoms with van der Waals surface area (Å²) in [6, 6.07) is 3.82. The van der Waals surface area contributed by atoms with E-state index in [2.05, 4.69) is 4.98 Å². The van der Waals surface area contributed by atoms with E-state index < -0.39 is 5.97 Å². The minimum atomic E-state index is -0.980. The summed E-state index contributed by atoms with van der Waals surface area (Å²) in [5.41, 5.74) is 0.114. The van der Waals surface area contributed by atoms with Crippen LogP contribution >= 0.6 is 11.3 Å². The lowest BCUT2D eigenvalue weighted by atomic mass is 10.1. The van der Waals surface area contributed by atoms with Crippen molar-refractivity contribution in [2.45, 2.75) is 25.2 Å². The number of nitrogens with zero attached hydrogens (tertiary/aromatic N) is 1. The van der Waals surface area contributed by atoms with Gasteiger partial charge in [-0.1, -0.05) is 12.5 Å². The van der Waals surface area contributed by atoms with E-state index in [0.717, 1.165) is 4.88 Å². The fourth-order valence-electron chi connectivity index (χ4n) is 3.43. The summed E-state index contributed by atoms with van der Waals surface area (Å²) < 4.78 is 5.80. The van der Waals surface area contributed by atoms with Crippen molar-refractivity contribution in [3.8, 4) is 10.8 Å². The van der Waals surface area contributed by atoms with Crippen LogP contribution in [0.2, 0.25) is 0 Å². The largest absolute Gasteiger partial charge is 0.476 e. The van der Waals surface area contributed by atoms with Gasteiger partial charge >= 0.3 is 5.97 Å². The summed E-state index contributed by atoms with van der Waals surface area (Å²) >= 11 is 1.51. The quantitative estimate of drug-likeness (QED) is 0.929. The van der Waals surface area contributed by atoms with Gasteiger partial charge in [-0.25, -0.2) is 9.78 Å². The van der Waals surface area contributed by atoms with E-state index in [1.807, 2.05) is 17.5 Å². The zero-order chi connectivity index (χ0) is 13.0. The topological polar surface area (TPSA) is 63.3 Å². The normalized spacial score (nSPS) is 28.3. The number of hydrogen-bond donors (Lipinski definition) is 1. The van der Waals surface area contributed by atoms with Gasteiger partial charge in [0, 0.05) is 5.92 Å². The van der Waals surface area contributed by atoms with Crippen molar-refractivity contribution in [3.63, 3.8) is 0 Å². The molecule has 2 heterocycles. The van der Waals surface area contributed by atoms with Gasteiger partial charge in [0.25, 0.3) is 0 Å². The summed E-state index contributed by atoms with van der Waals surface area (Å²) in [4.78, 5) is 16.4. The molecule has 0 amide bonds. The Morgan fingerprint density at radius 2 is 2.21 bits per heavy atom. The first kappa shape index (κ1) is 11.2. The second-order valence-corrected chi connectivity index (χ2v) is 6.25. The first-order chi connectivity index (χ1) is 9.25. The minimum Gasteiger partial charge on any atom is -0.476 e. The number of thiophene rings is 1. The maximum Gasteiger partial charge on any atom is 0.358 e. The number of aromatic nitrogens is 1. The average molecular weight is 275 g/mol. The number of carbonyl (C=O) groups is 1. The molecule has 19 heavy (non-hydrogen) atoms. The molecule has 2 atom stereocenters. The first-order valence-electron chi connectivity index (χ1n) is 6.53. The molecule has 2 saturated carbocycles. The van der Waals surface area contributed by atoms with Crippen molar-refractivity contribution in [1.82, 2.24) is 4.98 Å². The molecular weight excluding hydrogens is 262 g/mol. The van der Waals surface area contributed by atoms with Crippen LogP contribution in [-0.2, 0) is 0 Å². The predicted molar refractivity (Wildman–Crippen MR) is 70.3 cm³/mol. The fraction of sp³-hybridized carbons (Fsp3) is 0.429. The highest BCUT2D eigenvalue weighted by atomic mass is 32.1. The molecule has 0 aromatic carbocycles. The van der Waals surface area contributed by atoms with Gasteiger partial charge in [-0.05, 0) is 36.1 Å². The number of hydrogen-bond acceptors (Lipinski definition) is 4. The van der Waals surface area contributed by atoms with Gasteiger partial charge in [0.2, 0.25) is 5.89 Å². The van der Waals surface area contributed by atoms with E-state index in [-0.39, 0.29) is 5.69 Å². The third kappa shape index (κ3) is 1.64. The number of carboxylic acids is 1. The Morgan fingerprint density at radius 1 is 1.42 bits per heavy atom. The molecule has 0 aliphatic heterocycles. The third-order valence-corrected chi connectivity index (χ3v) is 5.16. The molecule has 4 rings (SSSR count). The van der Waals surface area contributed by atoms with Crippen LogP contribution in [0, 0.1) is 11.8 Å². The molecule has 98 valence electrons. The molecule has 4 nitrogen and oxygen atoms in total. The molecule has 1 N–H and O–H groups in total. The zero-order valence-electron chi connectivity index (χ0n) is 10.2. The fourth-order valence-corrected chi connectivity index (χ4v) is 4.08. The van der Waals surface area contributed by atoms with Gasteiger partial charge in [0.05, 0.1) is 4.88 Å². The van der Waals surface area contributed by atoms with E-state index in [9.17, 15) is 9.90 Å². The molecule has 0 spiro atoms. The lowest BCUT2D eigenvalue weighted by Crippen LogP contribution is -2.01. The van der Waals surface area contributed by atoms with Gasteiger partial charge in [0.15, 0.2) is 5.69 Å². The van der Waals surface area contributed by atoms with Crippen LogP contribution in [0.15, 0.2) is 21.9 Å². The number of aromatic carboxylic acids is 1. The highest BCUT2D eigenvalue weighted by Gasteiger charge is 2.56. The van der Waals surface area contributed by atoms with E-state index in [1.165, 1.54) is 30.6 Å².